The van der Waals surface area contributed by atoms with Gasteiger partial charge in [0.2, 0.25) is 5.95 Å². The highest BCUT2D eigenvalue weighted by Crippen LogP contribution is 2.58. The largest absolute Gasteiger partial charge is 0.489 e. The third-order valence-corrected chi connectivity index (χ3v) is 8.21. The molecular weight excluding hydrogens is 465 g/mol. The van der Waals surface area contributed by atoms with E-state index in [9.17, 15) is 13.2 Å². The number of hydrogen-bond acceptors (Lipinski definition) is 7. The maximum atomic E-state index is 13.3. The summed E-state index contributed by atoms with van der Waals surface area (Å²) in [6.45, 7) is 7.17. The molecule has 3 heterocycles. The van der Waals surface area contributed by atoms with Crippen LogP contribution in [0.5, 0.6) is 0 Å². The molecule has 11 heteroatoms. The third kappa shape index (κ3) is 4.30. The molecule has 2 saturated carbocycles. The lowest BCUT2D eigenvalue weighted by Crippen LogP contribution is -2.48. The van der Waals surface area contributed by atoms with Gasteiger partial charge in [-0.3, -0.25) is 0 Å². The summed E-state index contributed by atoms with van der Waals surface area (Å²) in [5.41, 5.74) is -0.706. The fourth-order valence-corrected chi connectivity index (χ4v) is 5.90. The van der Waals surface area contributed by atoms with Crippen LogP contribution in [-0.2, 0) is 11.8 Å². The van der Waals surface area contributed by atoms with Gasteiger partial charge in [-0.2, -0.15) is 22.5 Å². The monoisotopic (exact) mass is 494 g/mol. The number of nitrogens with zero attached hydrogens (tertiary/aromatic N) is 5. The van der Waals surface area contributed by atoms with Crippen molar-refractivity contribution in [1.82, 2.24) is 19.1 Å². The first-order valence-electron chi connectivity index (χ1n) is 11.6. The zero-order valence-corrected chi connectivity index (χ0v) is 20.1. The second kappa shape index (κ2) is 8.58. The van der Waals surface area contributed by atoms with Crippen LogP contribution >= 0.6 is 11.5 Å². The number of fused-ring (bicyclic) bond motifs is 2. The summed E-state index contributed by atoms with van der Waals surface area (Å²) in [5, 5.41) is 9.22. The van der Waals surface area contributed by atoms with Crippen molar-refractivity contribution in [2.24, 2.45) is 24.3 Å². The maximum absolute atomic E-state index is 13.3. The van der Waals surface area contributed by atoms with Crippen LogP contribution in [0.4, 0.5) is 24.1 Å². The predicted octanol–water partition coefficient (Wildman–Crippen LogP) is 4.79. The number of nitrogens with one attached hydrogen (secondary N) is 1. The highest BCUT2D eigenvalue weighted by atomic mass is 32.1. The summed E-state index contributed by atoms with van der Waals surface area (Å²) in [7, 11) is 1.72. The SMILES string of the molecule is C=C/C=C(/OCC1(C(F)(F)F)CC1)c1nc(N[C@@H]2[C@@H]3CC[C@H]2CN(c2cc(C)ns2)C3)nn1C. The van der Waals surface area contributed by atoms with Gasteiger partial charge >= 0.3 is 6.18 Å². The highest BCUT2D eigenvalue weighted by molar-refractivity contribution is 7.10. The molecule has 0 unspecified atom stereocenters. The number of ether oxygens (including phenoxy) is 1. The van der Waals surface area contributed by atoms with E-state index in [2.05, 4.69) is 37.3 Å². The molecule has 1 saturated heterocycles. The Morgan fingerprint density at radius 3 is 2.59 bits per heavy atom. The van der Waals surface area contributed by atoms with Gasteiger partial charge in [-0.15, -0.1) is 5.10 Å². The number of alkyl halides is 3. The van der Waals surface area contributed by atoms with E-state index in [1.54, 1.807) is 29.3 Å². The Hall–Kier alpha value is -2.56. The van der Waals surface area contributed by atoms with Gasteiger partial charge in [0.1, 0.15) is 17.0 Å². The third-order valence-electron chi connectivity index (χ3n) is 7.27. The van der Waals surface area contributed by atoms with Gasteiger partial charge in [0.15, 0.2) is 11.6 Å². The molecule has 0 radical (unpaired) electrons. The summed E-state index contributed by atoms with van der Waals surface area (Å²) in [4.78, 5) is 7.01. The smallest absolute Gasteiger partial charge is 0.397 e. The van der Waals surface area contributed by atoms with Gasteiger partial charge < -0.3 is 15.0 Å². The van der Waals surface area contributed by atoms with Crippen LogP contribution in [0.2, 0.25) is 0 Å². The van der Waals surface area contributed by atoms with E-state index in [0.717, 1.165) is 31.6 Å². The Morgan fingerprint density at radius 2 is 2.03 bits per heavy atom. The summed E-state index contributed by atoms with van der Waals surface area (Å²) in [5.74, 6) is 2.03. The van der Waals surface area contributed by atoms with Gasteiger partial charge in [-0.25, -0.2) is 4.68 Å². The van der Waals surface area contributed by atoms with Gasteiger partial charge in [-0.1, -0.05) is 12.7 Å². The Balaban J connectivity index is 1.27. The summed E-state index contributed by atoms with van der Waals surface area (Å²) in [6, 6.07) is 2.40. The van der Waals surface area contributed by atoms with Crippen molar-refractivity contribution in [3.63, 3.8) is 0 Å². The molecular formula is C23H29F3N6OS. The zero-order valence-electron chi connectivity index (χ0n) is 19.3. The van der Waals surface area contributed by atoms with Gasteiger partial charge in [0.05, 0.1) is 5.69 Å². The van der Waals surface area contributed by atoms with Gasteiger partial charge in [0, 0.05) is 26.2 Å². The lowest BCUT2D eigenvalue weighted by molar-refractivity contribution is -0.196. The highest BCUT2D eigenvalue weighted by Gasteiger charge is 2.64. The number of rotatable bonds is 8. The molecule has 2 bridgehead atoms. The molecule has 0 amide bonds. The van der Waals surface area contributed by atoms with Crippen molar-refractivity contribution in [3.8, 4) is 0 Å². The van der Waals surface area contributed by atoms with E-state index in [1.807, 2.05) is 6.92 Å². The fraction of sp³-hybridized carbons (Fsp3) is 0.609. The molecule has 5 rings (SSSR count). The topological polar surface area (TPSA) is 68.1 Å². The number of piperidine rings is 1. The van der Waals surface area contributed by atoms with Crippen LogP contribution in [0.1, 0.15) is 37.2 Å². The van der Waals surface area contributed by atoms with Crippen LogP contribution in [0.3, 0.4) is 0 Å². The first kappa shape index (κ1) is 23.2. The van der Waals surface area contributed by atoms with E-state index in [1.165, 1.54) is 11.1 Å². The van der Waals surface area contributed by atoms with Gasteiger partial charge in [0.25, 0.3) is 0 Å². The average molecular weight is 495 g/mol. The lowest BCUT2D eigenvalue weighted by Gasteiger charge is -2.38. The molecule has 3 fully saturated rings. The minimum absolute atomic E-state index is 0.0894. The summed E-state index contributed by atoms with van der Waals surface area (Å²) < 4.78 is 51.6. The molecule has 1 aliphatic heterocycles. The van der Waals surface area contributed by atoms with Crippen LogP contribution in [0.25, 0.3) is 5.76 Å². The van der Waals surface area contributed by atoms with E-state index >= 15 is 0 Å². The van der Waals surface area contributed by atoms with Gasteiger partial charge in [-0.05, 0) is 68.1 Å². The standard InChI is InChI=1S/C23H29F3N6OS/c1-4-5-17(33-13-22(8-9-22)23(24,25)26)20-28-21(29-31(20)3)27-19-15-6-7-16(19)12-32(11-15)18-10-14(2)30-34-18/h4-5,10,15-16,19H,1,6-9,11-13H2,2-3H3,(H,27,29)/b17-5+/t15-,16+,19-. The van der Waals surface area contributed by atoms with Crippen molar-refractivity contribution < 1.29 is 17.9 Å². The normalized spacial score (nSPS) is 26.0. The van der Waals surface area contributed by atoms with Crippen molar-refractivity contribution in [2.45, 2.75) is 44.8 Å². The fourth-order valence-electron chi connectivity index (χ4n) is 5.12. The molecule has 0 aromatic carbocycles. The minimum atomic E-state index is -4.27. The summed E-state index contributed by atoms with van der Waals surface area (Å²) >= 11 is 1.55. The number of hydrogen-bond donors (Lipinski definition) is 1. The Labute approximate surface area is 200 Å². The Kier molecular flexibility index (Phi) is 5.86. The van der Waals surface area contributed by atoms with Crippen molar-refractivity contribution in [3.05, 3.63) is 36.3 Å². The van der Waals surface area contributed by atoms with Crippen LogP contribution in [-0.4, -0.2) is 51.1 Å². The molecule has 3 atom stereocenters. The average Bonchev–Trinajstić information content (AvgIpc) is 3.26. The first-order valence-corrected chi connectivity index (χ1v) is 12.3. The molecule has 2 aromatic heterocycles. The van der Waals surface area contributed by atoms with Crippen LogP contribution in [0, 0.1) is 24.2 Å². The summed E-state index contributed by atoms with van der Waals surface area (Å²) in [6.07, 6.45) is 1.21. The maximum Gasteiger partial charge on any atom is 0.397 e. The molecule has 1 N–H and O–H groups in total. The first-order chi connectivity index (χ1) is 16.2. The van der Waals surface area contributed by atoms with Crippen LogP contribution < -0.4 is 10.2 Å². The molecule has 0 spiro atoms. The molecule has 2 aliphatic carbocycles. The number of aryl methyl sites for hydroxylation is 2. The van der Waals surface area contributed by atoms with E-state index in [-0.39, 0.29) is 24.6 Å². The number of allylic oxidation sites excluding steroid dienone is 2. The van der Waals surface area contributed by atoms with Crippen molar-refractivity contribution in [2.75, 3.05) is 29.9 Å². The molecule has 2 aromatic rings. The van der Waals surface area contributed by atoms with E-state index in [4.69, 9.17) is 4.74 Å². The Bertz CT molecular complexity index is 1070. The zero-order chi connectivity index (χ0) is 24.1. The van der Waals surface area contributed by atoms with E-state index in [0.29, 0.717) is 23.6 Å². The minimum Gasteiger partial charge on any atom is -0.489 e. The number of anilines is 2. The van der Waals surface area contributed by atoms with Crippen molar-refractivity contribution in [1.29, 1.82) is 0 Å². The Morgan fingerprint density at radius 1 is 1.32 bits per heavy atom. The molecule has 7 nitrogen and oxygen atoms in total. The van der Waals surface area contributed by atoms with Crippen molar-refractivity contribution >= 4 is 28.2 Å². The van der Waals surface area contributed by atoms with Crippen LogP contribution in [0.15, 0.2) is 24.8 Å². The second-order valence-corrected chi connectivity index (χ2v) is 10.5. The molecule has 34 heavy (non-hydrogen) atoms. The molecule has 184 valence electrons. The van der Waals surface area contributed by atoms with E-state index < -0.39 is 18.2 Å². The quantitative estimate of drug-likeness (QED) is 0.420. The predicted molar refractivity (Wildman–Crippen MR) is 126 cm³/mol. The number of halogens is 3. The lowest BCUT2D eigenvalue weighted by atomic mass is 9.92. The molecule has 3 aliphatic rings. The second-order valence-electron chi connectivity index (χ2n) is 9.70. The number of aromatic nitrogens is 4.